The number of likely N-dealkylation sites (N-methyl/N-ethyl adjacent to an activating group) is 1. The Kier molecular flexibility index (Phi) is 7.94. The van der Waals surface area contributed by atoms with Crippen LogP contribution in [0.5, 0.6) is 11.5 Å². The lowest BCUT2D eigenvalue weighted by molar-refractivity contribution is -0.147. The number of aromatic nitrogens is 2. The average Bonchev–Trinajstić information content (AvgIpc) is 3.17. The van der Waals surface area contributed by atoms with Gasteiger partial charge in [-0.2, -0.15) is 18.3 Å². The molecule has 2 amide bonds. The maximum atomic E-state index is 13.4. The molecule has 0 aliphatic carbocycles. The second kappa shape index (κ2) is 10.9. The highest BCUT2D eigenvalue weighted by atomic mass is 19.4. The third-order valence-corrected chi connectivity index (χ3v) is 4.73. The number of fused-ring (bicyclic) bond motifs is 1. The van der Waals surface area contributed by atoms with Crippen LogP contribution in [-0.2, 0) is 22.3 Å². The molecule has 1 aromatic heterocycles. The van der Waals surface area contributed by atoms with E-state index in [-0.39, 0.29) is 23.5 Å². The number of nitrogens with one attached hydrogen (secondary N) is 1. The average molecular weight is 491 g/mol. The van der Waals surface area contributed by atoms with E-state index in [2.05, 4.69) is 15.5 Å². The topological polar surface area (TPSA) is 98.0 Å². The summed E-state index contributed by atoms with van der Waals surface area (Å²) in [5.74, 6) is -1.42. The molecule has 0 saturated carbocycles. The number of carbonyl (C=O) groups is 2. The first-order chi connectivity index (χ1) is 16.6. The fourth-order valence-electron chi connectivity index (χ4n) is 3.07. The van der Waals surface area contributed by atoms with Crippen molar-refractivity contribution in [2.45, 2.75) is 19.6 Å². The number of imidazole rings is 1. The van der Waals surface area contributed by atoms with Crippen LogP contribution >= 0.6 is 0 Å². The van der Waals surface area contributed by atoms with E-state index in [1.807, 2.05) is 0 Å². The number of amides is 2. The minimum atomic E-state index is -4.72. The smallest absolute Gasteiger partial charge is 0.449 e. The van der Waals surface area contributed by atoms with E-state index in [9.17, 15) is 22.8 Å². The Bertz CT molecular complexity index is 1240. The van der Waals surface area contributed by atoms with E-state index in [4.69, 9.17) is 9.47 Å². The number of nitrogens with zero attached hydrogens (tertiary/aromatic N) is 4. The second-order valence-electron chi connectivity index (χ2n) is 7.52. The maximum absolute atomic E-state index is 13.4. The summed E-state index contributed by atoms with van der Waals surface area (Å²) in [4.78, 5) is 29.1. The fourth-order valence-corrected chi connectivity index (χ4v) is 3.07. The Morgan fingerprint density at radius 2 is 1.89 bits per heavy atom. The first-order valence-corrected chi connectivity index (χ1v) is 10.5. The molecule has 9 nitrogen and oxygen atoms in total. The number of ether oxygens (including phenoxy) is 2. The zero-order valence-electron chi connectivity index (χ0n) is 19.3. The van der Waals surface area contributed by atoms with Gasteiger partial charge in [-0.25, -0.2) is 10.4 Å². The molecule has 12 heteroatoms. The summed E-state index contributed by atoms with van der Waals surface area (Å²) in [6, 6.07) is 10.8. The van der Waals surface area contributed by atoms with Crippen molar-refractivity contribution in [2.75, 3.05) is 27.3 Å². The van der Waals surface area contributed by atoms with Gasteiger partial charge in [0.25, 0.3) is 11.8 Å². The summed E-state index contributed by atoms with van der Waals surface area (Å²) >= 11 is 0. The third-order valence-electron chi connectivity index (χ3n) is 4.73. The molecule has 0 aliphatic heterocycles. The van der Waals surface area contributed by atoms with E-state index in [1.165, 1.54) is 23.2 Å². The number of halogens is 3. The van der Waals surface area contributed by atoms with Gasteiger partial charge in [0, 0.05) is 14.1 Å². The number of hydrogen-bond acceptors (Lipinski definition) is 6. The van der Waals surface area contributed by atoms with Crippen molar-refractivity contribution in [2.24, 2.45) is 5.10 Å². The Labute approximate surface area is 199 Å². The highest BCUT2D eigenvalue weighted by Crippen LogP contribution is 2.31. The lowest BCUT2D eigenvalue weighted by atomic mass is 10.2. The quantitative estimate of drug-likeness (QED) is 0.367. The van der Waals surface area contributed by atoms with Gasteiger partial charge >= 0.3 is 6.18 Å². The number of benzene rings is 2. The summed E-state index contributed by atoms with van der Waals surface area (Å²) in [5, 5.41) is 3.83. The van der Waals surface area contributed by atoms with Gasteiger partial charge in [0.15, 0.2) is 18.1 Å². The number of alkyl halides is 3. The van der Waals surface area contributed by atoms with Crippen LogP contribution in [0.2, 0.25) is 0 Å². The molecule has 0 atom stereocenters. The van der Waals surface area contributed by atoms with Crippen molar-refractivity contribution < 1.29 is 32.2 Å². The number of hydrazone groups is 1. The van der Waals surface area contributed by atoms with Gasteiger partial charge in [-0.15, -0.1) is 0 Å². The Balaban J connectivity index is 1.70. The Morgan fingerprint density at radius 3 is 2.57 bits per heavy atom. The predicted molar refractivity (Wildman–Crippen MR) is 122 cm³/mol. The van der Waals surface area contributed by atoms with Gasteiger partial charge in [-0.3, -0.25) is 9.59 Å². The second-order valence-corrected chi connectivity index (χ2v) is 7.52. The van der Waals surface area contributed by atoms with Crippen LogP contribution in [-0.4, -0.2) is 59.8 Å². The van der Waals surface area contributed by atoms with Crippen LogP contribution < -0.4 is 14.9 Å². The summed E-state index contributed by atoms with van der Waals surface area (Å²) in [6.07, 6.45) is -3.41. The summed E-state index contributed by atoms with van der Waals surface area (Å²) < 4.78 is 52.0. The molecule has 3 aromatic rings. The molecule has 0 unspecified atom stereocenters. The van der Waals surface area contributed by atoms with E-state index >= 15 is 0 Å². The van der Waals surface area contributed by atoms with E-state index in [0.29, 0.717) is 23.7 Å². The molecule has 1 N–H and O–H groups in total. The van der Waals surface area contributed by atoms with Crippen LogP contribution in [0, 0.1) is 0 Å². The van der Waals surface area contributed by atoms with Crippen molar-refractivity contribution in [1.29, 1.82) is 0 Å². The molecule has 0 bridgehead atoms. The van der Waals surface area contributed by atoms with Gasteiger partial charge in [-0.1, -0.05) is 12.1 Å². The largest absolute Gasteiger partial charge is 0.490 e. The van der Waals surface area contributed by atoms with Gasteiger partial charge in [0.1, 0.15) is 6.54 Å². The first-order valence-electron chi connectivity index (χ1n) is 10.5. The van der Waals surface area contributed by atoms with Crippen LogP contribution in [0.3, 0.4) is 0 Å². The van der Waals surface area contributed by atoms with E-state index < -0.39 is 24.5 Å². The molecule has 0 radical (unpaired) electrons. The zero-order chi connectivity index (χ0) is 25.6. The monoisotopic (exact) mass is 491 g/mol. The van der Waals surface area contributed by atoms with Crippen LogP contribution in [0.25, 0.3) is 11.0 Å². The van der Waals surface area contributed by atoms with Crippen molar-refractivity contribution >= 4 is 29.1 Å². The highest BCUT2D eigenvalue weighted by molar-refractivity contribution is 5.84. The Hall–Kier alpha value is -4.09. The summed E-state index contributed by atoms with van der Waals surface area (Å²) in [6.45, 7) is 1.34. The molecule has 2 aromatic carbocycles. The molecule has 1 heterocycles. The van der Waals surface area contributed by atoms with Crippen molar-refractivity contribution in [3.63, 3.8) is 0 Å². The standard InChI is InChI=1S/C23H24F3N5O4/c1-4-34-19-11-15(9-10-18(19)35-14-21(33)30(2)3)12-27-29-20(32)13-31-17-8-6-5-7-16(17)28-22(31)23(24,25)26/h5-12H,4,13-14H2,1-3H3,(H,29,32)/b27-12-. The third kappa shape index (κ3) is 6.49. The molecular weight excluding hydrogens is 467 g/mol. The van der Waals surface area contributed by atoms with Gasteiger partial charge < -0.3 is 18.9 Å². The van der Waals surface area contributed by atoms with E-state index in [1.54, 1.807) is 51.4 Å². The molecule has 0 fully saturated rings. The molecule has 0 spiro atoms. The Morgan fingerprint density at radius 1 is 1.14 bits per heavy atom. The van der Waals surface area contributed by atoms with E-state index in [0.717, 1.165) is 4.57 Å². The van der Waals surface area contributed by atoms with Gasteiger partial charge in [-0.05, 0) is 42.8 Å². The SMILES string of the molecule is CCOc1cc(/C=N\NC(=O)Cn2c(C(F)(F)F)nc3ccccc32)ccc1OCC(=O)N(C)C. The van der Waals surface area contributed by atoms with Crippen LogP contribution in [0.1, 0.15) is 18.3 Å². The van der Waals surface area contributed by atoms with Crippen molar-refractivity contribution in [3.8, 4) is 11.5 Å². The predicted octanol–water partition coefficient (Wildman–Crippen LogP) is 3.07. The zero-order valence-corrected chi connectivity index (χ0v) is 19.3. The summed E-state index contributed by atoms with van der Waals surface area (Å²) in [7, 11) is 3.23. The van der Waals surface area contributed by atoms with Gasteiger partial charge in [0.05, 0.1) is 23.9 Å². The molecule has 186 valence electrons. The van der Waals surface area contributed by atoms with Crippen LogP contribution in [0.15, 0.2) is 47.6 Å². The van der Waals surface area contributed by atoms with Crippen molar-refractivity contribution in [1.82, 2.24) is 19.9 Å². The summed E-state index contributed by atoms with van der Waals surface area (Å²) in [5.41, 5.74) is 3.07. The number of rotatable bonds is 9. The molecule has 3 rings (SSSR count). The van der Waals surface area contributed by atoms with Crippen LogP contribution in [0.4, 0.5) is 13.2 Å². The number of carbonyl (C=O) groups excluding carboxylic acids is 2. The fraction of sp³-hybridized carbons (Fsp3) is 0.304. The minimum absolute atomic E-state index is 0.133. The molecule has 0 saturated heterocycles. The lowest BCUT2D eigenvalue weighted by Crippen LogP contribution is -2.27. The lowest BCUT2D eigenvalue weighted by Gasteiger charge is -2.14. The highest BCUT2D eigenvalue weighted by Gasteiger charge is 2.38. The maximum Gasteiger partial charge on any atom is 0.449 e. The molecular formula is C23H24F3N5O4. The molecule has 0 aliphatic rings. The normalized spacial score (nSPS) is 11.6. The minimum Gasteiger partial charge on any atom is -0.490 e. The van der Waals surface area contributed by atoms with Crippen molar-refractivity contribution in [3.05, 3.63) is 53.9 Å². The molecule has 35 heavy (non-hydrogen) atoms. The number of hydrogen-bond donors (Lipinski definition) is 1. The van der Waals surface area contributed by atoms with Gasteiger partial charge in [0.2, 0.25) is 5.82 Å². The first kappa shape index (κ1) is 25.5. The number of para-hydroxylation sites is 2.